The third-order valence-corrected chi connectivity index (χ3v) is 3.58. The first kappa shape index (κ1) is 18.4. The van der Waals surface area contributed by atoms with Crippen molar-refractivity contribution in [2.75, 3.05) is 6.54 Å². The van der Waals surface area contributed by atoms with E-state index in [0.717, 1.165) is 12.0 Å². The molecular weight excluding hydrogens is 318 g/mol. The smallest absolute Gasteiger partial charge is 0.388 e. The van der Waals surface area contributed by atoms with Crippen LogP contribution in [-0.4, -0.2) is 24.6 Å². The standard InChI is InChI=1S/C19H23N3O3/c1-3-20-18(23)17-9-11-22(12-10-17)14-25-19(24)21-15(2)13-16-7-5-4-6-8-16/h4-12,15H,3,13-14H2,1-2H3,(H-,20,21,23,24)/p+1/t15-/m0/s1. The largest absolute Gasteiger partial charge is 0.412 e. The molecule has 1 aromatic carbocycles. The Hall–Kier alpha value is -2.89. The molecule has 2 aromatic rings. The van der Waals surface area contributed by atoms with Gasteiger partial charge in [0.05, 0.1) is 5.56 Å². The maximum atomic E-state index is 11.9. The topological polar surface area (TPSA) is 71.3 Å². The molecule has 1 heterocycles. The van der Waals surface area contributed by atoms with Crippen molar-refractivity contribution < 1.29 is 18.9 Å². The third kappa shape index (κ3) is 6.25. The van der Waals surface area contributed by atoms with Crippen LogP contribution in [0, 0.1) is 0 Å². The normalized spacial score (nSPS) is 11.4. The van der Waals surface area contributed by atoms with Gasteiger partial charge >= 0.3 is 6.09 Å². The molecule has 25 heavy (non-hydrogen) atoms. The zero-order chi connectivity index (χ0) is 18.1. The van der Waals surface area contributed by atoms with Crippen LogP contribution in [0.3, 0.4) is 0 Å². The van der Waals surface area contributed by atoms with Crippen LogP contribution < -0.4 is 15.2 Å². The minimum absolute atomic E-state index is 0.0278. The average Bonchev–Trinajstić information content (AvgIpc) is 2.61. The summed E-state index contributed by atoms with van der Waals surface area (Å²) in [7, 11) is 0. The first-order chi connectivity index (χ1) is 12.1. The van der Waals surface area contributed by atoms with E-state index in [9.17, 15) is 9.59 Å². The number of nitrogens with one attached hydrogen (secondary N) is 2. The van der Waals surface area contributed by atoms with Gasteiger partial charge in [-0.1, -0.05) is 30.3 Å². The molecule has 0 unspecified atom stereocenters. The van der Waals surface area contributed by atoms with Gasteiger partial charge in [0.25, 0.3) is 12.6 Å². The van der Waals surface area contributed by atoms with Crippen LogP contribution in [0.15, 0.2) is 54.9 Å². The SMILES string of the molecule is CCNC(=O)c1cc[n+](COC(=O)N[C@@H](C)Cc2ccccc2)cc1. The van der Waals surface area contributed by atoms with Gasteiger partial charge in [-0.25, -0.2) is 4.79 Å². The van der Waals surface area contributed by atoms with Crippen LogP contribution in [0.4, 0.5) is 4.79 Å². The minimum Gasteiger partial charge on any atom is -0.388 e. The maximum Gasteiger partial charge on any atom is 0.412 e. The van der Waals surface area contributed by atoms with Crippen molar-refractivity contribution in [2.45, 2.75) is 33.0 Å². The van der Waals surface area contributed by atoms with Gasteiger partial charge in [-0.2, -0.15) is 4.57 Å². The number of alkyl carbamates (subject to hydrolysis) is 1. The predicted molar refractivity (Wildman–Crippen MR) is 93.9 cm³/mol. The van der Waals surface area contributed by atoms with Crippen LogP contribution in [0.5, 0.6) is 0 Å². The summed E-state index contributed by atoms with van der Waals surface area (Å²) >= 11 is 0. The molecule has 0 saturated heterocycles. The molecule has 0 fully saturated rings. The summed E-state index contributed by atoms with van der Waals surface area (Å²) in [6.07, 6.45) is 3.67. The Morgan fingerprint density at radius 3 is 2.44 bits per heavy atom. The van der Waals surface area contributed by atoms with Gasteiger partial charge in [0.1, 0.15) is 0 Å². The van der Waals surface area contributed by atoms with Crippen molar-refractivity contribution in [3.63, 3.8) is 0 Å². The Balaban J connectivity index is 1.76. The molecule has 0 aliphatic carbocycles. The molecule has 0 radical (unpaired) electrons. The fourth-order valence-corrected chi connectivity index (χ4v) is 2.35. The lowest BCUT2D eigenvalue weighted by Crippen LogP contribution is -2.40. The summed E-state index contributed by atoms with van der Waals surface area (Å²) in [6.45, 7) is 4.46. The second kappa shape index (κ2) is 9.42. The third-order valence-electron chi connectivity index (χ3n) is 3.58. The van der Waals surface area contributed by atoms with E-state index in [1.807, 2.05) is 44.2 Å². The van der Waals surface area contributed by atoms with Crippen molar-refractivity contribution in [2.24, 2.45) is 0 Å². The molecule has 132 valence electrons. The Kier molecular flexibility index (Phi) is 6.95. The molecule has 0 spiro atoms. The molecule has 2 rings (SSSR count). The molecule has 1 atom stereocenters. The first-order valence-corrected chi connectivity index (χ1v) is 8.33. The number of hydrogen-bond acceptors (Lipinski definition) is 3. The number of hydrogen-bond donors (Lipinski definition) is 2. The Morgan fingerprint density at radius 2 is 1.80 bits per heavy atom. The fourth-order valence-electron chi connectivity index (χ4n) is 2.35. The van der Waals surface area contributed by atoms with Gasteiger partial charge in [0, 0.05) is 24.7 Å². The lowest BCUT2D eigenvalue weighted by Gasteiger charge is -2.13. The molecule has 1 aromatic heterocycles. The van der Waals surface area contributed by atoms with E-state index in [1.165, 1.54) is 0 Å². The van der Waals surface area contributed by atoms with Crippen molar-refractivity contribution in [1.29, 1.82) is 0 Å². The number of carbonyl (C=O) groups is 2. The van der Waals surface area contributed by atoms with E-state index in [1.54, 1.807) is 29.1 Å². The van der Waals surface area contributed by atoms with Crippen LogP contribution in [0.25, 0.3) is 0 Å². The molecule has 6 nitrogen and oxygen atoms in total. The van der Waals surface area contributed by atoms with E-state index < -0.39 is 6.09 Å². The lowest BCUT2D eigenvalue weighted by molar-refractivity contribution is -0.727. The summed E-state index contributed by atoms with van der Waals surface area (Å²) < 4.78 is 6.88. The zero-order valence-electron chi connectivity index (χ0n) is 14.6. The first-order valence-electron chi connectivity index (χ1n) is 8.33. The average molecular weight is 342 g/mol. The number of aromatic nitrogens is 1. The van der Waals surface area contributed by atoms with Crippen LogP contribution >= 0.6 is 0 Å². The van der Waals surface area contributed by atoms with E-state index in [-0.39, 0.29) is 18.7 Å². The van der Waals surface area contributed by atoms with Gasteiger partial charge in [-0.05, 0) is 25.8 Å². The van der Waals surface area contributed by atoms with E-state index in [2.05, 4.69) is 10.6 Å². The van der Waals surface area contributed by atoms with Crippen LogP contribution in [-0.2, 0) is 17.9 Å². The Morgan fingerprint density at radius 1 is 1.12 bits per heavy atom. The van der Waals surface area contributed by atoms with Gasteiger partial charge in [0.15, 0.2) is 12.4 Å². The van der Waals surface area contributed by atoms with E-state index in [4.69, 9.17) is 4.74 Å². The zero-order valence-corrected chi connectivity index (χ0v) is 14.6. The van der Waals surface area contributed by atoms with Crippen molar-refractivity contribution >= 4 is 12.0 Å². The van der Waals surface area contributed by atoms with E-state index >= 15 is 0 Å². The molecule has 0 bridgehead atoms. The number of rotatable bonds is 7. The molecule has 0 saturated carbocycles. The van der Waals surface area contributed by atoms with Gasteiger partial charge < -0.3 is 15.4 Å². The van der Waals surface area contributed by atoms with Crippen molar-refractivity contribution in [3.05, 3.63) is 66.0 Å². The predicted octanol–water partition coefficient (Wildman–Crippen LogP) is 2.04. The maximum absolute atomic E-state index is 11.9. The van der Waals surface area contributed by atoms with Crippen LogP contribution in [0.2, 0.25) is 0 Å². The summed E-state index contributed by atoms with van der Waals surface area (Å²) in [6, 6.07) is 13.3. The molecule has 2 N–H and O–H groups in total. The second-order valence-corrected chi connectivity index (χ2v) is 5.76. The molecule has 6 heteroatoms. The molecule has 0 aliphatic heterocycles. The monoisotopic (exact) mass is 342 g/mol. The van der Waals surface area contributed by atoms with Crippen LogP contribution in [0.1, 0.15) is 29.8 Å². The van der Waals surface area contributed by atoms with Gasteiger partial charge in [0.2, 0.25) is 0 Å². The number of carbonyl (C=O) groups excluding carboxylic acids is 2. The summed E-state index contributed by atoms with van der Waals surface area (Å²) in [5, 5.41) is 5.54. The highest BCUT2D eigenvalue weighted by molar-refractivity contribution is 5.93. The second-order valence-electron chi connectivity index (χ2n) is 5.76. The number of amides is 2. The fraction of sp³-hybridized carbons (Fsp3) is 0.316. The highest BCUT2D eigenvalue weighted by atomic mass is 16.6. The summed E-state index contributed by atoms with van der Waals surface area (Å²) in [4.78, 5) is 23.5. The highest BCUT2D eigenvalue weighted by Crippen LogP contribution is 2.02. The van der Waals surface area contributed by atoms with Crippen molar-refractivity contribution in [3.8, 4) is 0 Å². The summed E-state index contributed by atoms with van der Waals surface area (Å²) in [5.74, 6) is -0.122. The number of ether oxygens (including phenoxy) is 1. The Labute approximate surface area is 147 Å². The van der Waals surface area contributed by atoms with Gasteiger partial charge in [-0.15, -0.1) is 0 Å². The molecule has 0 aliphatic rings. The number of pyridine rings is 1. The number of benzene rings is 1. The van der Waals surface area contributed by atoms with E-state index in [0.29, 0.717) is 12.1 Å². The van der Waals surface area contributed by atoms with Gasteiger partial charge in [-0.3, -0.25) is 4.79 Å². The minimum atomic E-state index is -0.469. The quantitative estimate of drug-likeness (QED) is 0.757. The molecule has 2 amide bonds. The molecular formula is C19H24N3O3+. The Bertz CT molecular complexity index is 687. The summed E-state index contributed by atoms with van der Waals surface area (Å²) in [5.41, 5.74) is 1.73. The van der Waals surface area contributed by atoms with Crippen molar-refractivity contribution in [1.82, 2.24) is 10.6 Å². The highest BCUT2D eigenvalue weighted by Gasteiger charge is 2.12. The number of nitrogens with zero attached hydrogens (tertiary/aromatic N) is 1. The lowest BCUT2D eigenvalue weighted by atomic mass is 10.1.